The molecule has 0 radical (unpaired) electrons. The topological polar surface area (TPSA) is 44.9 Å². The number of halogens is 1. The number of likely N-dealkylation sites (tertiary alicyclic amines) is 2. The Bertz CT molecular complexity index is 335. The van der Waals surface area contributed by atoms with E-state index in [2.05, 4.69) is 28.6 Å². The van der Waals surface area contributed by atoms with Crippen LogP contribution in [0, 0.1) is 11.8 Å². The largest absolute Gasteiger partial charge is 0.370 e. The molecule has 22 heavy (non-hydrogen) atoms. The maximum atomic E-state index is 6.12. The highest BCUT2D eigenvalue weighted by Gasteiger charge is 2.17. The van der Waals surface area contributed by atoms with Gasteiger partial charge in [0.15, 0.2) is 5.96 Å². The molecule has 2 N–H and O–H groups in total. The molecule has 2 heterocycles. The molecule has 0 aromatic rings. The van der Waals surface area contributed by atoms with Gasteiger partial charge in [-0.1, -0.05) is 13.8 Å². The van der Waals surface area contributed by atoms with Crippen molar-refractivity contribution in [1.29, 1.82) is 0 Å². The third kappa shape index (κ3) is 7.02. The van der Waals surface area contributed by atoms with Crippen LogP contribution in [0.15, 0.2) is 4.99 Å². The first-order chi connectivity index (χ1) is 10.1. The van der Waals surface area contributed by atoms with Crippen molar-refractivity contribution in [3.8, 4) is 0 Å². The summed E-state index contributed by atoms with van der Waals surface area (Å²) in [7, 11) is 0. The number of rotatable bonds is 5. The lowest BCUT2D eigenvalue weighted by atomic mass is 10.0. The summed E-state index contributed by atoms with van der Waals surface area (Å²) < 4.78 is 0. The van der Waals surface area contributed by atoms with E-state index in [-0.39, 0.29) is 24.0 Å². The Morgan fingerprint density at radius 1 is 1.05 bits per heavy atom. The normalized spacial score (nSPS) is 27.5. The molecule has 4 nitrogen and oxygen atoms in total. The van der Waals surface area contributed by atoms with Crippen molar-refractivity contribution in [1.82, 2.24) is 9.80 Å². The van der Waals surface area contributed by atoms with E-state index in [0.717, 1.165) is 43.9 Å². The maximum Gasteiger partial charge on any atom is 0.191 e. The van der Waals surface area contributed by atoms with Gasteiger partial charge >= 0.3 is 0 Å². The third-order valence-corrected chi connectivity index (χ3v) is 4.88. The summed E-state index contributed by atoms with van der Waals surface area (Å²) in [5.41, 5.74) is 6.12. The molecule has 0 amide bonds. The van der Waals surface area contributed by atoms with E-state index < -0.39 is 0 Å². The summed E-state index contributed by atoms with van der Waals surface area (Å²) in [6, 6.07) is 0. The average molecular weight is 422 g/mol. The molecule has 2 fully saturated rings. The van der Waals surface area contributed by atoms with Crippen molar-refractivity contribution in [2.75, 3.05) is 39.3 Å². The average Bonchev–Trinajstić information content (AvgIpc) is 2.47. The zero-order chi connectivity index (χ0) is 15.1. The molecule has 5 heteroatoms. The number of piperidine rings is 2. The molecule has 0 saturated carbocycles. The fraction of sp³-hybridized carbons (Fsp3) is 0.941. The number of guanidine groups is 1. The number of aliphatic imine (C=N–C) groups is 1. The number of hydrogen-bond acceptors (Lipinski definition) is 2. The van der Waals surface area contributed by atoms with Crippen molar-refractivity contribution in [2.24, 2.45) is 22.6 Å². The molecule has 0 aliphatic carbocycles. The number of hydrogen-bond donors (Lipinski definition) is 1. The highest BCUT2D eigenvalue weighted by atomic mass is 127. The zero-order valence-corrected chi connectivity index (χ0v) is 16.8. The summed E-state index contributed by atoms with van der Waals surface area (Å²) in [5, 5.41) is 0. The van der Waals surface area contributed by atoms with Gasteiger partial charge < -0.3 is 15.5 Å². The third-order valence-electron chi connectivity index (χ3n) is 4.88. The van der Waals surface area contributed by atoms with Gasteiger partial charge in [-0.3, -0.25) is 4.99 Å². The van der Waals surface area contributed by atoms with Crippen LogP contribution in [0.2, 0.25) is 0 Å². The molecular weight excluding hydrogens is 387 g/mol. The fourth-order valence-electron chi connectivity index (χ4n) is 3.63. The predicted octanol–water partition coefficient (Wildman–Crippen LogP) is 3.16. The Labute approximate surface area is 153 Å². The second kappa shape index (κ2) is 10.7. The highest BCUT2D eigenvalue weighted by Crippen LogP contribution is 2.16. The number of unbranched alkanes of at least 4 members (excludes halogenated alkanes) is 1. The number of nitrogens with zero attached hydrogens (tertiary/aromatic N) is 3. The Morgan fingerprint density at radius 2 is 1.73 bits per heavy atom. The standard InChI is InChI=1S/C17H34N4.HI/c1-15-7-5-11-20(13-15)10-4-3-9-19-17(18)21-12-6-8-16(2)14-21;/h15-16H,3-14H2,1-2H3,(H2,18,19);1H. The fourth-order valence-corrected chi connectivity index (χ4v) is 3.63. The van der Waals surface area contributed by atoms with E-state index in [1.54, 1.807) is 0 Å². The summed E-state index contributed by atoms with van der Waals surface area (Å²) in [6.45, 7) is 11.6. The van der Waals surface area contributed by atoms with Gasteiger partial charge in [-0.2, -0.15) is 0 Å². The minimum atomic E-state index is 0. The van der Waals surface area contributed by atoms with Crippen LogP contribution in [0.3, 0.4) is 0 Å². The molecule has 2 rings (SSSR count). The van der Waals surface area contributed by atoms with Gasteiger partial charge in [-0.25, -0.2) is 0 Å². The van der Waals surface area contributed by atoms with Gasteiger partial charge in [-0.15, -0.1) is 24.0 Å². The second-order valence-corrected chi connectivity index (χ2v) is 7.19. The molecule has 2 aliphatic rings. The molecule has 0 aromatic carbocycles. The van der Waals surface area contributed by atoms with E-state index >= 15 is 0 Å². The number of nitrogens with two attached hydrogens (primary N) is 1. The van der Waals surface area contributed by atoms with Gasteiger partial charge in [0, 0.05) is 26.2 Å². The summed E-state index contributed by atoms with van der Waals surface area (Å²) in [6.07, 6.45) is 7.78. The first kappa shape index (κ1) is 20.0. The van der Waals surface area contributed by atoms with Crippen molar-refractivity contribution >= 4 is 29.9 Å². The lowest BCUT2D eigenvalue weighted by Gasteiger charge is -2.31. The first-order valence-corrected chi connectivity index (χ1v) is 8.92. The molecule has 0 spiro atoms. The molecule has 2 saturated heterocycles. The van der Waals surface area contributed by atoms with Crippen LogP contribution in [0.4, 0.5) is 0 Å². The SMILES string of the molecule is CC1CCCN(CCCCN=C(N)N2CCCC(C)C2)C1.I. The quantitative estimate of drug-likeness (QED) is 0.321. The van der Waals surface area contributed by atoms with Crippen LogP contribution in [-0.4, -0.2) is 55.0 Å². The van der Waals surface area contributed by atoms with Crippen LogP contribution in [-0.2, 0) is 0 Å². The smallest absolute Gasteiger partial charge is 0.191 e. The van der Waals surface area contributed by atoms with Crippen molar-refractivity contribution in [3.05, 3.63) is 0 Å². The minimum absolute atomic E-state index is 0. The Hall–Kier alpha value is -0.0400. The van der Waals surface area contributed by atoms with E-state index in [9.17, 15) is 0 Å². The van der Waals surface area contributed by atoms with Crippen LogP contribution >= 0.6 is 24.0 Å². The monoisotopic (exact) mass is 422 g/mol. The van der Waals surface area contributed by atoms with Gasteiger partial charge in [0.05, 0.1) is 0 Å². The van der Waals surface area contributed by atoms with E-state index in [0.29, 0.717) is 0 Å². The molecule has 2 unspecified atom stereocenters. The first-order valence-electron chi connectivity index (χ1n) is 8.92. The summed E-state index contributed by atoms with van der Waals surface area (Å²) in [4.78, 5) is 9.46. The predicted molar refractivity (Wildman–Crippen MR) is 106 cm³/mol. The molecule has 2 atom stereocenters. The van der Waals surface area contributed by atoms with E-state index in [1.807, 2.05) is 0 Å². The minimum Gasteiger partial charge on any atom is -0.370 e. The van der Waals surface area contributed by atoms with Crippen LogP contribution in [0.5, 0.6) is 0 Å². The summed E-state index contributed by atoms with van der Waals surface area (Å²) >= 11 is 0. The van der Waals surface area contributed by atoms with Crippen molar-refractivity contribution in [3.63, 3.8) is 0 Å². The van der Waals surface area contributed by atoms with Crippen LogP contribution in [0.25, 0.3) is 0 Å². The van der Waals surface area contributed by atoms with Crippen molar-refractivity contribution < 1.29 is 0 Å². The van der Waals surface area contributed by atoms with Crippen molar-refractivity contribution in [2.45, 2.75) is 52.4 Å². The van der Waals surface area contributed by atoms with Gasteiger partial charge in [0.2, 0.25) is 0 Å². The Balaban J connectivity index is 0.00000242. The highest BCUT2D eigenvalue weighted by molar-refractivity contribution is 14.0. The summed E-state index contributed by atoms with van der Waals surface area (Å²) in [5.74, 6) is 2.41. The molecule has 0 bridgehead atoms. The van der Waals surface area contributed by atoms with Crippen LogP contribution < -0.4 is 5.73 Å². The lowest BCUT2D eigenvalue weighted by molar-refractivity contribution is 0.181. The molecule has 0 aromatic heterocycles. The van der Waals surface area contributed by atoms with E-state index in [4.69, 9.17) is 5.73 Å². The van der Waals surface area contributed by atoms with Gasteiger partial charge in [0.25, 0.3) is 0 Å². The molecule has 2 aliphatic heterocycles. The Kier molecular flexibility index (Phi) is 9.71. The second-order valence-electron chi connectivity index (χ2n) is 7.19. The lowest BCUT2D eigenvalue weighted by Crippen LogP contribution is -2.43. The maximum absolute atomic E-state index is 6.12. The Morgan fingerprint density at radius 3 is 2.41 bits per heavy atom. The van der Waals surface area contributed by atoms with E-state index in [1.165, 1.54) is 51.7 Å². The van der Waals surface area contributed by atoms with Crippen LogP contribution in [0.1, 0.15) is 52.4 Å². The van der Waals surface area contributed by atoms with Gasteiger partial charge in [0.1, 0.15) is 0 Å². The zero-order valence-electron chi connectivity index (χ0n) is 14.5. The molecule has 130 valence electrons. The van der Waals surface area contributed by atoms with Gasteiger partial charge in [-0.05, 0) is 63.5 Å². The molecular formula is C17H35IN4.